The number of piperidine rings is 1. The van der Waals surface area contributed by atoms with Crippen LogP contribution >= 0.6 is 0 Å². The molecule has 2 saturated heterocycles. The summed E-state index contributed by atoms with van der Waals surface area (Å²) in [5.74, 6) is 0.998. The summed E-state index contributed by atoms with van der Waals surface area (Å²) in [6.07, 6.45) is 3.29. The lowest BCUT2D eigenvalue weighted by atomic mass is 9.92. The van der Waals surface area contributed by atoms with Crippen LogP contribution in [0.1, 0.15) is 26.2 Å². The molecule has 2 rings (SSSR count). The van der Waals surface area contributed by atoms with Crippen LogP contribution in [-0.2, 0) is 4.79 Å². The summed E-state index contributed by atoms with van der Waals surface area (Å²) >= 11 is 0. The van der Waals surface area contributed by atoms with Crippen molar-refractivity contribution in [2.45, 2.75) is 32.2 Å². The van der Waals surface area contributed by atoms with Gasteiger partial charge in [-0.25, -0.2) is 0 Å². The first-order valence-corrected chi connectivity index (χ1v) is 6.90. The van der Waals surface area contributed by atoms with Crippen LogP contribution in [0.4, 0.5) is 0 Å². The Morgan fingerprint density at radius 1 is 1.35 bits per heavy atom. The van der Waals surface area contributed by atoms with Crippen LogP contribution in [0.2, 0.25) is 0 Å². The number of rotatable bonds is 3. The van der Waals surface area contributed by atoms with E-state index in [1.165, 1.54) is 0 Å². The van der Waals surface area contributed by atoms with Crippen LogP contribution in [0.15, 0.2) is 0 Å². The van der Waals surface area contributed by atoms with Crippen molar-refractivity contribution in [3.05, 3.63) is 0 Å². The molecular formula is C13H25N3O. The third-order valence-corrected chi connectivity index (χ3v) is 4.27. The third-order valence-electron chi connectivity index (χ3n) is 4.27. The Morgan fingerprint density at radius 2 is 2.06 bits per heavy atom. The molecule has 98 valence electrons. The molecule has 0 aromatic rings. The van der Waals surface area contributed by atoms with E-state index < -0.39 is 0 Å². The van der Waals surface area contributed by atoms with Gasteiger partial charge in [0.15, 0.2) is 0 Å². The number of hydrogen-bond donors (Lipinski definition) is 2. The zero-order valence-corrected chi connectivity index (χ0v) is 11.0. The number of nitrogens with zero attached hydrogens (tertiary/aromatic N) is 1. The minimum atomic E-state index is 0.194. The highest BCUT2D eigenvalue weighted by Gasteiger charge is 2.32. The quantitative estimate of drug-likeness (QED) is 0.751. The summed E-state index contributed by atoms with van der Waals surface area (Å²) in [4.78, 5) is 14.5. The molecule has 2 heterocycles. The molecule has 4 heteroatoms. The second-order valence-corrected chi connectivity index (χ2v) is 5.52. The number of hydrogen-bond acceptors (Lipinski definition) is 3. The van der Waals surface area contributed by atoms with Gasteiger partial charge in [-0.1, -0.05) is 13.3 Å². The molecule has 0 radical (unpaired) electrons. The zero-order chi connectivity index (χ0) is 12.3. The summed E-state index contributed by atoms with van der Waals surface area (Å²) in [5, 5.41) is 6.57. The van der Waals surface area contributed by atoms with E-state index in [9.17, 15) is 4.79 Å². The van der Waals surface area contributed by atoms with Gasteiger partial charge in [0.2, 0.25) is 5.91 Å². The van der Waals surface area contributed by atoms with Crippen LogP contribution in [-0.4, -0.2) is 50.1 Å². The van der Waals surface area contributed by atoms with Gasteiger partial charge < -0.3 is 15.5 Å². The second kappa shape index (κ2) is 5.83. The fraction of sp³-hybridized carbons (Fsp3) is 0.923. The molecule has 0 aromatic carbocycles. The highest BCUT2D eigenvalue weighted by Crippen LogP contribution is 2.20. The van der Waals surface area contributed by atoms with E-state index in [1.807, 2.05) is 0 Å². The number of likely N-dealkylation sites (tertiary alicyclic amines) is 1. The maximum absolute atomic E-state index is 12.2. The molecule has 2 unspecified atom stereocenters. The number of carbonyl (C=O) groups excluding carboxylic acids is 1. The molecule has 2 atom stereocenters. The average Bonchev–Trinajstić information content (AvgIpc) is 2.80. The Kier molecular flexibility index (Phi) is 4.40. The van der Waals surface area contributed by atoms with Gasteiger partial charge >= 0.3 is 0 Å². The molecule has 2 aliphatic heterocycles. The first kappa shape index (κ1) is 12.8. The summed E-state index contributed by atoms with van der Waals surface area (Å²) in [6.45, 7) is 6.24. The Labute approximate surface area is 104 Å². The Balaban J connectivity index is 1.80. The van der Waals surface area contributed by atoms with Crippen molar-refractivity contribution in [1.82, 2.24) is 15.5 Å². The number of nitrogens with one attached hydrogen (secondary N) is 2. The minimum Gasteiger partial charge on any atom is -0.353 e. The van der Waals surface area contributed by atoms with Crippen molar-refractivity contribution in [3.8, 4) is 0 Å². The van der Waals surface area contributed by atoms with E-state index in [2.05, 4.69) is 29.5 Å². The van der Waals surface area contributed by atoms with Crippen LogP contribution in [0.25, 0.3) is 0 Å². The van der Waals surface area contributed by atoms with Gasteiger partial charge in [0.1, 0.15) is 0 Å². The maximum Gasteiger partial charge on any atom is 0.224 e. The van der Waals surface area contributed by atoms with Crippen molar-refractivity contribution in [1.29, 1.82) is 0 Å². The van der Waals surface area contributed by atoms with Gasteiger partial charge in [-0.05, 0) is 45.4 Å². The largest absolute Gasteiger partial charge is 0.353 e. The molecule has 4 nitrogen and oxygen atoms in total. The van der Waals surface area contributed by atoms with E-state index in [1.54, 1.807) is 0 Å². The molecule has 2 N–H and O–H groups in total. The standard InChI is InChI=1S/C13H25N3O/c1-3-10-8-14-9-12(10)13(17)15-11-4-6-16(2)7-5-11/h10-12,14H,3-9H2,1-2H3,(H,15,17). The maximum atomic E-state index is 12.2. The predicted octanol–water partition coefficient (Wildman–Crippen LogP) is 0.442. The minimum absolute atomic E-state index is 0.194. The van der Waals surface area contributed by atoms with Crippen molar-refractivity contribution >= 4 is 5.91 Å². The van der Waals surface area contributed by atoms with Crippen LogP contribution in [0.5, 0.6) is 0 Å². The Hall–Kier alpha value is -0.610. The van der Waals surface area contributed by atoms with Crippen molar-refractivity contribution in [2.75, 3.05) is 33.2 Å². The average molecular weight is 239 g/mol. The molecule has 1 amide bonds. The molecule has 2 aliphatic rings. The highest BCUT2D eigenvalue weighted by molar-refractivity contribution is 5.79. The molecule has 0 saturated carbocycles. The molecule has 2 fully saturated rings. The van der Waals surface area contributed by atoms with Gasteiger partial charge in [-0.2, -0.15) is 0 Å². The van der Waals surface area contributed by atoms with Gasteiger partial charge in [0, 0.05) is 12.6 Å². The SMILES string of the molecule is CCC1CNCC1C(=O)NC1CCN(C)CC1. The van der Waals surface area contributed by atoms with Gasteiger partial charge in [-0.3, -0.25) is 4.79 Å². The Morgan fingerprint density at radius 3 is 2.71 bits per heavy atom. The van der Waals surface area contributed by atoms with E-state index >= 15 is 0 Å². The lowest BCUT2D eigenvalue weighted by Gasteiger charge is -2.30. The molecule has 0 spiro atoms. The summed E-state index contributed by atoms with van der Waals surface area (Å²) in [5.41, 5.74) is 0. The van der Waals surface area contributed by atoms with Crippen molar-refractivity contribution in [3.63, 3.8) is 0 Å². The second-order valence-electron chi connectivity index (χ2n) is 5.52. The van der Waals surface area contributed by atoms with Crippen LogP contribution in [0.3, 0.4) is 0 Å². The molecule has 17 heavy (non-hydrogen) atoms. The van der Waals surface area contributed by atoms with E-state index in [-0.39, 0.29) is 11.8 Å². The topological polar surface area (TPSA) is 44.4 Å². The molecular weight excluding hydrogens is 214 g/mol. The predicted molar refractivity (Wildman–Crippen MR) is 68.8 cm³/mol. The fourth-order valence-electron chi connectivity index (χ4n) is 2.93. The monoisotopic (exact) mass is 239 g/mol. The molecule has 0 bridgehead atoms. The first-order valence-electron chi connectivity index (χ1n) is 6.90. The van der Waals surface area contributed by atoms with Crippen molar-refractivity contribution in [2.24, 2.45) is 11.8 Å². The summed E-state index contributed by atoms with van der Waals surface area (Å²) < 4.78 is 0. The smallest absolute Gasteiger partial charge is 0.224 e. The summed E-state index contributed by atoms with van der Waals surface area (Å²) in [7, 11) is 2.14. The van der Waals surface area contributed by atoms with Gasteiger partial charge in [-0.15, -0.1) is 0 Å². The number of carbonyl (C=O) groups is 1. The van der Waals surface area contributed by atoms with Crippen LogP contribution in [0, 0.1) is 11.8 Å². The summed E-state index contributed by atoms with van der Waals surface area (Å²) in [6, 6.07) is 0.400. The first-order chi connectivity index (χ1) is 8.20. The van der Waals surface area contributed by atoms with Gasteiger partial charge in [0.25, 0.3) is 0 Å². The lowest BCUT2D eigenvalue weighted by Crippen LogP contribution is -2.46. The van der Waals surface area contributed by atoms with E-state index in [0.717, 1.165) is 45.4 Å². The Bertz CT molecular complexity index is 261. The molecule has 0 aliphatic carbocycles. The van der Waals surface area contributed by atoms with Crippen molar-refractivity contribution < 1.29 is 4.79 Å². The fourth-order valence-corrected chi connectivity index (χ4v) is 2.93. The van der Waals surface area contributed by atoms with E-state index in [0.29, 0.717) is 12.0 Å². The zero-order valence-electron chi connectivity index (χ0n) is 11.0. The third kappa shape index (κ3) is 3.19. The lowest BCUT2D eigenvalue weighted by molar-refractivity contribution is -0.126. The van der Waals surface area contributed by atoms with Crippen LogP contribution < -0.4 is 10.6 Å². The van der Waals surface area contributed by atoms with E-state index in [4.69, 9.17) is 0 Å². The normalized spacial score (nSPS) is 31.6. The van der Waals surface area contributed by atoms with Gasteiger partial charge in [0.05, 0.1) is 5.92 Å². The highest BCUT2D eigenvalue weighted by atomic mass is 16.2. The molecule has 0 aromatic heterocycles. The number of amides is 1.